The Labute approximate surface area is 191 Å². The Balaban J connectivity index is 1.46. The van der Waals surface area contributed by atoms with Crippen LogP contribution in [0.25, 0.3) is 11.3 Å². The van der Waals surface area contributed by atoms with Crippen molar-refractivity contribution in [2.24, 2.45) is 0 Å². The van der Waals surface area contributed by atoms with E-state index in [1.807, 2.05) is 25.1 Å². The second-order valence-corrected chi connectivity index (χ2v) is 7.76. The van der Waals surface area contributed by atoms with Crippen LogP contribution in [0.15, 0.2) is 48.8 Å². The molecule has 3 aromatic rings. The molecular formula is C24H24N6O3. The number of aliphatic hydroxyl groups excluding tert-OH is 1. The summed E-state index contributed by atoms with van der Waals surface area (Å²) in [6, 6.07) is 13.2. The maximum Gasteiger partial charge on any atom is 0.248 e. The van der Waals surface area contributed by atoms with E-state index in [1.165, 1.54) is 0 Å². The molecule has 1 aromatic carbocycles. The summed E-state index contributed by atoms with van der Waals surface area (Å²) in [4.78, 5) is 26.3. The Kier molecular flexibility index (Phi) is 6.76. The standard InChI is InChI=1S/C24H24N6O3/c1-16-2-4-19(14-27-16)28-24-26-9-6-21(29-24)17-3-5-22(18(12-17)13-25)33-20-7-10-30(11-8-20)23(32)15-31/h2-6,9,12,14,20,31H,7-8,10-11,15H2,1H3,(H,26,28,29). The van der Waals surface area contributed by atoms with E-state index in [0.717, 1.165) is 16.9 Å². The fourth-order valence-corrected chi connectivity index (χ4v) is 3.63. The molecule has 168 valence electrons. The number of nitrogens with zero attached hydrogens (tertiary/aromatic N) is 5. The highest BCUT2D eigenvalue weighted by molar-refractivity contribution is 5.77. The zero-order valence-electron chi connectivity index (χ0n) is 18.2. The number of aliphatic hydroxyl groups is 1. The van der Waals surface area contributed by atoms with Crippen LogP contribution in [0, 0.1) is 18.3 Å². The average molecular weight is 444 g/mol. The van der Waals surface area contributed by atoms with Gasteiger partial charge in [-0.15, -0.1) is 0 Å². The molecule has 1 aliphatic rings. The van der Waals surface area contributed by atoms with E-state index >= 15 is 0 Å². The van der Waals surface area contributed by atoms with Gasteiger partial charge in [0.05, 0.1) is 23.1 Å². The zero-order chi connectivity index (χ0) is 23.2. The van der Waals surface area contributed by atoms with Gasteiger partial charge in [-0.05, 0) is 43.3 Å². The summed E-state index contributed by atoms with van der Waals surface area (Å²) in [7, 11) is 0. The number of aryl methyl sites for hydroxylation is 1. The molecule has 33 heavy (non-hydrogen) atoms. The van der Waals surface area contributed by atoms with Gasteiger partial charge in [0.15, 0.2) is 0 Å². The minimum Gasteiger partial charge on any atom is -0.489 e. The predicted molar refractivity (Wildman–Crippen MR) is 122 cm³/mol. The van der Waals surface area contributed by atoms with Crippen LogP contribution in [0.4, 0.5) is 11.6 Å². The van der Waals surface area contributed by atoms with Gasteiger partial charge in [0.2, 0.25) is 11.9 Å². The molecule has 0 radical (unpaired) electrons. The number of hydrogen-bond acceptors (Lipinski definition) is 8. The monoisotopic (exact) mass is 444 g/mol. The van der Waals surface area contributed by atoms with Crippen LogP contribution in [-0.4, -0.2) is 56.7 Å². The van der Waals surface area contributed by atoms with Gasteiger partial charge in [0, 0.05) is 43.4 Å². The SMILES string of the molecule is Cc1ccc(Nc2nccc(-c3ccc(OC4CCN(C(=O)CO)CC4)c(C#N)c3)n2)cn1. The van der Waals surface area contributed by atoms with E-state index in [4.69, 9.17) is 9.84 Å². The number of carbonyl (C=O) groups excluding carboxylic acids is 1. The lowest BCUT2D eigenvalue weighted by atomic mass is 10.1. The van der Waals surface area contributed by atoms with Gasteiger partial charge in [-0.1, -0.05) is 0 Å². The van der Waals surface area contributed by atoms with Crippen molar-refractivity contribution in [3.63, 3.8) is 0 Å². The van der Waals surface area contributed by atoms with Gasteiger partial charge in [-0.25, -0.2) is 9.97 Å². The maximum atomic E-state index is 11.6. The van der Waals surface area contributed by atoms with Crippen molar-refractivity contribution in [1.29, 1.82) is 5.26 Å². The number of anilines is 2. The number of likely N-dealkylation sites (tertiary alicyclic amines) is 1. The molecule has 0 aliphatic carbocycles. The second-order valence-electron chi connectivity index (χ2n) is 7.76. The van der Waals surface area contributed by atoms with E-state index < -0.39 is 6.61 Å². The first-order valence-electron chi connectivity index (χ1n) is 10.7. The molecule has 2 N–H and O–H groups in total. The van der Waals surface area contributed by atoms with Crippen molar-refractivity contribution >= 4 is 17.5 Å². The Morgan fingerprint density at radius 2 is 2.06 bits per heavy atom. The van der Waals surface area contributed by atoms with Crippen LogP contribution in [0.1, 0.15) is 24.1 Å². The lowest BCUT2D eigenvalue weighted by Gasteiger charge is -2.32. The summed E-state index contributed by atoms with van der Waals surface area (Å²) in [6.07, 6.45) is 4.57. The van der Waals surface area contributed by atoms with Gasteiger partial charge >= 0.3 is 0 Å². The Bertz CT molecular complexity index is 1170. The van der Waals surface area contributed by atoms with Crippen molar-refractivity contribution in [2.75, 3.05) is 25.0 Å². The first-order chi connectivity index (χ1) is 16.1. The van der Waals surface area contributed by atoms with Gasteiger partial charge in [0.1, 0.15) is 24.5 Å². The van der Waals surface area contributed by atoms with Crippen LogP contribution in [0.2, 0.25) is 0 Å². The third kappa shape index (κ3) is 5.42. The molecule has 1 aliphatic heterocycles. The largest absolute Gasteiger partial charge is 0.489 e. The van der Waals surface area contributed by atoms with Gasteiger partial charge in [-0.2, -0.15) is 5.26 Å². The van der Waals surface area contributed by atoms with Crippen molar-refractivity contribution in [3.05, 3.63) is 60.0 Å². The molecule has 2 aromatic heterocycles. The highest BCUT2D eigenvalue weighted by Gasteiger charge is 2.24. The zero-order valence-corrected chi connectivity index (χ0v) is 18.2. The molecule has 0 saturated carbocycles. The Morgan fingerprint density at radius 1 is 1.24 bits per heavy atom. The molecule has 4 rings (SSSR count). The number of nitriles is 1. The number of pyridine rings is 1. The Morgan fingerprint density at radius 3 is 2.76 bits per heavy atom. The molecule has 0 spiro atoms. The summed E-state index contributed by atoms with van der Waals surface area (Å²) in [5.74, 6) is 0.667. The lowest BCUT2D eigenvalue weighted by molar-refractivity contribution is -0.135. The van der Waals surface area contributed by atoms with Gasteiger partial charge in [0.25, 0.3) is 0 Å². The predicted octanol–water partition coefficient (Wildman–Crippen LogP) is 2.82. The number of carbonyl (C=O) groups is 1. The van der Waals surface area contributed by atoms with E-state index in [1.54, 1.807) is 35.5 Å². The fraction of sp³-hybridized carbons (Fsp3) is 0.292. The molecule has 0 bridgehead atoms. The molecule has 1 amide bonds. The summed E-state index contributed by atoms with van der Waals surface area (Å²) in [6.45, 7) is 2.49. The molecule has 1 saturated heterocycles. The molecular weight excluding hydrogens is 420 g/mol. The summed E-state index contributed by atoms with van der Waals surface area (Å²) < 4.78 is 6.07. The summed E-state index contributed by atoms with van der Waals surface area (Å²) in [5, 5.41) is 21.8. The number of piperidine rings is 1. The number of rotatable bonds is 6. The third-order valence-electron chi connectivity index (χ3n) is 5.44. The van der Waals surface area contributed by atoms with E-state index in [9.17, 15) is 10.1 Å². The number of nitrogens with one attached hydrogen (secondary N) is 1. The van der Waals surface area contributed by atoms with Gasteiger partial charge in [-0.3, -0.25) is 9.78 Å². The van der Waals surface area contributed by atoms with Crippen LogP contribution in [0.5, 0.6) is 5.75 Å². The molecule has 1 fully saturated rings. The topological polar surface area (TPSA) is 124 Å². The summed E-state index contributed by atoms with van der Waals surface area (Å²) in [5.41, 5.74) is 3.56. The molecule has 3 heterocycles. The normalized spacial score (nSPS) is 13.9. The third-order valence-corrected chi connectivity index (χ3v) is 5.44. The second kappa shape index (κ2) is 10.1. The Hall–Kier alpha value is -4.03. The first kappa shape index (κ1) is 22.2. The number of ether oxygens (including phenoxy) is 1. The van der Waals surface area contributed by atoms with Crippen LogP contribution >= 0.6 is 0 Å². The van der Waals surface area contributed by atoms with Crippen molar-refractivity contribution in [2.45, 2.75) is 25.9 Å². The van der Waals surface area contributed by atoms with E-state index in [2.05, 4.69) is 26.3 Å². The minimum absolute atomic E-state index is 0.0938. The van der Waals surface area contributed by atoms with Crippen LogP contribution in [-0.2, 0) is 4.79 Å². The molecule has 0 atom stereocenters. The van der Waals surface area contributed by atoms with Crippen molar-refractivity contribution in [1.82, 2.24) is 19.9 Å². The van der Waals surface area contributed by atoms with Crippen molar-refractivity contribution in [3.8, 4) is 23.1 Å². The number of hydrogen-bond donors (Lipinski definition) is 2. The maximum absolute atomic E-state index is 11.6. The quantitative estimate of drug-likeness (QED) is 0.595. The van der Waals surface area contributed by atoms with Gasteiger partial charge < -0.3 is 20.1 Å². The molecule has 9 nitrogen and oxygen atoms in total. The van der Waals surface area contributed by atoms with E-state index in [-0.39, 0.29) is 12.0 Å². The highest BCUT2D eigenvalue weighted by Crippen LogP contribution is 2.28. The van der Waals surface area contributed by atoms with Crippen LogP contribution in [0.3, 0.4) is 0 Å². The average Bonchev–Trinajstić information content (AvgIpc) is 2.86. The number of aromatic nitrogens is 3. The minimum atomic E-state index is -0.478. The smallest absolute Gasteiger partial charge is 0.248 e. The first-order valence-corrected chi connectivity index (χ1v) is 10.7. The van der Waals surface area contributed by atoms with Crippen LogP contribution < -0.4 is 10.1 Å². The van der Waals surface area contributed by atoms with Crippen molar-refractivity contribution < 1.29 is 14.6 Å². The molecule has 0 unspecified atom stereocenters. The number of benzene rings is 1. The number of amides is 1. The summed E-state index contributed by atoms with van der Waals surface area (Å²) >= 11 is 0. The van der Waals surface area contributed by atoms with E-state index in [0.29, 0.717) is 48.9 Å². The lowest BCUT2D eigenvalue weighted by Crippen LogP contribution is -2.42. The highest BCUT2D eigenvalue weighted by atomic mass is 16.5. The molecule has 9 heteroatoms. The fourth-order valence-electron chi connectivity index (χ4n) is 3.63.